The molecule has 3 heterocycles. The monoisotopic (exact) mass is 326 g/mol. The second-order valence-electron chi connectivity index (χ2n) is 6.05. The molecule has 0 amide bonds. The molecule has 0 radical (unpaired) electrons. The molecule has 3 aromatic rings. The molecule has 1 aliphatic carbocycles. The Hall–Kier alpha value is -3.27. The number of rotatable bonds is 2. The summed E-state index contributed by atoms with van der Waals surface area (Å²) >= 11 is 0. The van der Waals surface area contributed by atoms with Crippen molar-refractivity contribution in [2.45, 2.75) is 13.8 Å². The van der Waals surface area contributed by atoms with Gasteiger partial charge in [0.2, 0.25) is 0 Å². The summed E-state index contributed by atoms with van der Waals surface area (Å²) in [7, 11) is 0. The van der Waals surface area contributed by atoms with Gasteiger partial charge in [-0.05, 0) is 49.3 Å². The summed E-state index contributed by atoms with van der Waals surface area (Å²) in [6, 6.07) is 8.00. The Bertz CT molecular complexity index is 1020. The van der Waals surface area contributed by atoms with Crippen LogP contribution < -0.4 is 0 Å². The topological polar surface area (TPSA) is 54.5 Å². The quantitative estimate of drug-likeness (QED) is 0.748. The zero-order valence-electron chi connectivity index (χ0n) is 14.2. The van der Waals surface area contributed by atoms with Crippen LogP contribution in [0.2, 0.25) is 0 Å². The largest absolute Gasteiger partial charge is 0.284 e. The Morgan fingerprint density at radius 2 is 1.92 bits per heavy atom. The maximum absolute atomic E-state index is 4.60. The number of aryl methyl sites for hydroxylation is 2. The highest BCUT2D eigenvalue weighted by atomic mass is 15.1. The summed E-state index contributed by atoms with van der Waals surface area (Å²) < 4.78 is 0. The van der Waals surface area contributed by atoms with E-state index in [1.165, 1.54) is 5.56 Å². The highest BCUT2D eigenvalue weighted by molar-refractivity contribution is 5.88. The van der Waals surface area contributed by atoms with Crippen LogP contribution >= 0.6 is 0 Å². The first-order valence-corrected chi connectivity index (χ1v) is 8.22. The SMILES string of the molecule is Cc1cccc(-c2n[nH]cc2C2=C\C=C\c3c(C)ccnc3/C=C\2)n1. The van der Waals surface area contributed by atoms with Gasteiger partial charge in [0.1, 0.15) is 5.69 Å². The van der Waals surface area contributed by atoms with Gasteiger partial charge in [0.15, 0.2) is 0 Å². The molecule has 4 rings (SSSR count). The molecule has 4 heteroatoms. The zero-order valence-corrected chi connectivity index (χ0v) is 14.2. The number of fused-ring (bicyclic) bond motifs is 1. The summed E-state index contributed by atoms with van der Waals surface area (Å²) in [4.78, 5) is 9.09. The van der Waals surface area contributed by atoms with E-state index in [9.17, 15) is 0 Å². The molecule has 1 aliphatic rings. The van der Waals surface area contributed by atoms with Gasteiger partial charge in [-0.1, -0.05) is 30.4 Å². The van der Waals surface area contributed by atoms with E-state index in [1.54, 1.807) is 0 Å². The highest BCUT2D eigenvalue weighted by Gasteiger charge is 2.13. The van der Waals surface area contributed by atoms with Crippen LogP contribution in [-0.4, -0.2) is 20.2 Å². The first-order valence-electron chi connectivity index (χ1n) is 8.22. The molecule has 0 bridgehead atoms. The van der Waals surface area contributed by atoms with Crippen molar-refractivity contribution in [2.24, 2.45) is 0 Å². The number of pyridine rings is 2. The maximum Gasteiger partial charge on any atom is 0.118 e. The minimum atomic E-state index is 0.853. The fourth-order valence-corrected chi connectivity index (χ4v) is 2.97. The summed E-state index contributed by atoms with van der Waals surface area (Å²) in [5.41, 5.74) is 8.13. The van der Waals surface area contributed by atoms with Gasteiger partial charge in [0.25, 0.3) is 0 Å². The average molecular weight is 326 g/mol. The van der Waals surface area contributed by atoms with Crippen molar-refractivity contribution in [3.8, 4) is 11.4 Å². The smallest absolute Gasteiger partial charge is 0.118 e. The number of hydrogen-bond acceptors (Lipinski definition) is 3. The van der Waals surface area contributed by atoms with Gasteiger partial charge in [0, 0.05) is 29.2 Å². The fraction of sp³-hybridized carbons (Fsp3) is 0.0952. The van der Waals surface area contributed by atoms with Crippen molar-refractivity contribution in [2.75, 3.05) is 0 Å². The van der Waals surface area contributed by atoms with Gasteiger partial charge in [0.05, 0.1) is 11.4 Å². The molecule has 0 atom stereocenters. The summed E-state index contributed by atoms with van der Waals surface area (Å²) in [6.45, 7) is 4.08. The van der Waals surface area contributed by atoms with Crippen LogP contribution in [0.1, 0.15) is 28.1 Å². The summed E-state index contributed by atoms with van der Waals surface area (Å²) in [6.07, 6.45) is 14.2. The van der Waals surface area contributed by atoms with Gasteiger partial charge < -0.3 is 0 Å². The van der Waals surface area contributed by atoms with Crippen molar-refractivity contribution >= 4 is 17.7 Å². The number of nitrogens with one attached hydrogen (secondary N) is 1. The number of aromatic amines is 1. The fourth-order valence-electron chi connectivity index (χ4n) is 2.97. The van der Waals surface area contributed by atoms with Crippen LogP contribution in [0.4, 0.5) is 0 Å². The molecule has 0 saturated carbocycles. The average Bonchev–Trinajstić information content (AvgIpc) is 3.06. The van der Waals surface area contributed by atoms with Gasteiger partial charge in [-0.2, -0.15) is 5.10 Å². The van der Waals surface area contributed by atoms with Gasteiger partial charge in [-0.15, -0.1) is 0 Å². The molecule has 0 saturated heterocycles. The maximum atomic E-state index is 4.60. The lowest BCUT2D eigenvalue weighted by Crippen LogP contribution is -1.93. The third kappa shape index (κ3) is 2.94. The lowest BCUT2D eigenvalue weighted by atomic mass is 9.99. The van der Waals surface area contributed by atoms with Crippen LogP contribution in [-0.2, 0) is 0 Å². The number of H-pyrrole nitrogens is 1. The standard InChI is InChI=1S/C21H18N4/c1-14-11-12-22-19-10-9-16(6-4-7-17(14)19)18-13-23-25-21(18)20-8-3-5-15(2)24-20/h3-13H,1-2H3,(H,23,25)/b6-4?,7-4+,10-9-,16-6-,16-9?,17-7?,19-10?. The lowest BCUT2D eigenvalue weighted by Gasteiger charge is -2.08. The van der Waals surface area contributed by atoms with Gasteiger partial charge in [-0.25, -0.2) is 0 Å². The summed E-state index contributed by atoms with van der Waals surface area (Å²) in [5.74, 6) is 0. The predicted molar refractivity (Wildman–Crippen MR) is 102 cm³/mol. The van der Waals surface area contributed by atoms with E-state index in [1.807, 2.05) is 43.6 Å². The van der Waals surface area contributed by atoms with Crippen molar-refractivity contribution in [1.82, 2.24) is 20.2 Å². The Morgan fingerprint density at radius 3 is 2.80 bits per heavy atom. The Kier molecular flexibility index (Phi) is 3.86. The van der Waals surface area contributed by atoms with E-state index in [2.05, 4.69) is 57.5 Å². The van der Waals surface area contributed by atoms with E-state index in [-0.39, 0.29) is 0 Å². The second-order valence-corrected chi connectivity index (χ2v) is 6.05. The number of nitrogens with zero attached hydrogens (tertiary/aromatic N) is 3. The first-order chi connectivity index (χ1) is 12.2. The zero-order chi connectivity index (χ0) is 17.2. The van der Waals surface area contributed by atoms with E-state index < -0.39 is 0 Å². The molecule has 3 aromatic heterocycles. The molecule has 0 spiro atoms. The van der Waals surface area contributed by atoms with Crippen molar-refractivity contribution in [3.05, 3.63) is 83.0 Å². The van der Waals surface area contributed by atoms with E-state index in [0.717, 1.165) is 39.5 Å². The predicted octanol–water partition coefficient (Wildman–Crippen LogP) is 4.61. The molecule has 25 heavy (non-hydrogen) atoms. The molecular formula is C21H18N4. The van der Waals surface area contributed by atoms with Gasteiger partial charge >= 0.3 is 0 Å². The van der Waals surface area contributed by atoms with Crippen molar-refractivity contribution < 1.29 is 0 Å². The Balaban J connectivity index is 1.78. The van der Waals surface area contributed by atoms with Crippen LogP contribution in [0.5, 0.6) is 0 Å². The molecule has 1 N–H and O–H groups in total. The lowest BCUT2D eigenvalue weighted by molar-refractivity contribution is 1.08. The van der Waals surface area contributed by atoms with Crippen molar-refractivity contribution in [1.29, 1.82) is 0 Å². The minimum Gasteiger partial charge on any atom is -0.284 e. The Morgan fingerprint density at radius 1 is 1.00 bits per heavy atom. The molecule has 0 aliphatic heterocycles. The van der Waals surface area contributed by atoms with Crippen molar-refractivity contribution in [3.63, 3.8) is 0 Å². The van der Waals surface area contributed by atoms with E-state index in [0.29, 0.717) is 0 Å². The van der Waals surface area contributed by atoms with Crippen LogP contribution in [0.25, 0.3) is 29.1 Å². The molecule has 0 fully saturated rings. The number of hydrogen-bond donors (Lipinski definition) is 1. The molecule has 0 unspecified atom stereocenters. The molecular weight excluding hydrogens is 308 g/mol. The molecule has 122 valence electrons. The highest BCUT2D eigenvalue weighted by Crippen LogP contribution is 2.29. The normalized spacial score (nSPS) is 17.8. The third-order valence-electron chi connectivity index (χ3n) is 4.28. The van der Waals surface area contributed by atoms with Crippen LogP contribution in [0.3, 0.4) is 0 Å². The number of allylic oxidation sites excluding steroid dienone is 4. The van der Waals surface area contributed by atoms with E-state index in [4.69, 9.17) is 0 Å². The second kappa shape index (κ2) is 6.32. The first kappa shape index (κ1) is 15.3. The van der Waals surface area contributed by atoms with Crippen LogP contribution in [0.15, 0.2) is 54.9 Å². The number of aromatic nitrogens is 4. The third-order valence-corrected chi connectivity index (χ3v) is 4.28. The molecule has 4 nitrogen and oxygen atoms in total. The molecule has 0 aromatic carbocycles. The Labute approximate surface area is 146 Å². The van der Waals surface area contributed by atoms with Crippen LogP contribution in [0, 0.1) is 13.8 Å². The van der Waals surface area contributed by atoms with E-state index >= 15 is 0 Å². The van der Waals surface area contributed by atoms with Gasteiger partial charge in [-0.3, -0.25) is 15.1 Å². The summed E-state index contributed by atoms with van der Waals surface area (Å²) in [5, 5.41) is 7.39. The minimum absolute atomic E-state index is 0.853.